The van der Waals surface area contributed by atoms with E-state index in [4.69, 9.17) is 0 Å². The van der Waals surface area contributed by atoms with Crippen LogP contribution in [0.4, 0.5) is 0 Å². The first-order valence-corrected chi connectivity index (χ1v) is 7.83. The number of nitrogens with zero attached hydrogens (tertiary/aromatic N) is 2. The molecule has 0 saturated heterocycles. The highest BCUT2D eigenvalue weighted by molar-refractivity contribution is 5.00. The maximum absolute atomic E-state index is 4.28. The molecule has 0 aliphatic heterocycles. The Morgan fingerprint density at radius 2 is 2.00 bits per heavy atom. The van der Waals surface area contributed by atoms with Gasteiger partial charge in [0.1, 0.15) is 0 Å². The van der Waals surface area contributed by atoms with Crippen LogP contribution in [0.3, 0.4) is 0 Å². The summed E-state index contributed by atoms with van der Waals surface area (Å²) in [6.45, 7) is 10.1. The van der Waals surface area contributed by atoms with Gasteiger partial charge in [-0.05, 0) is 38.5 Å². The first kappa shape index (κ1) is 14.6. The minimum absolute atomic E-state index is 0.492. The van der Waals surface area contributed by atoms with Crippen LogP contribution < -0.4 is 5.32 Å². The highest BCUT2D eigenvalue weighted by Gasteiger charge is 2.27. The van der Waals surface area contributed by atoms with Crippen molar-refractivity contribution >= 4 is 0 Å². The normalized spacial score (nSPS) is 24.3. The van der Waals surface area contributed by atoms with Gasteiger partial charge in [0.05, 0.1) is 12.0 Å². The minimum Gasteiger partial charge on any atom is -0.331 e. The third-order valence-corrected chi connectivity index (χ3v) is 4.52. The van der Waals surface area contributed by atoms with Crippen LogP contribution in [0.1, 0.15) is 65.1 Å². The second-order valence-electron chi connectivity index (χ2n) is 6.57. The SMILES string of the molecule is CC(C)C1CCCCC1NCc1cncn1C(C)C. The molecular weight excluding hydrogens is 234 g/mol. The first-order valence-electron chi connectivity index (χ1n) is 7.83. The van der Waals surface area contributed by atoms with E-state index in [1.54, 1.807) is 0 Å². The maximum atomic E-state index is 4.28. The Balaban J connectivity index is 1.95. The van der Waals surface area contributed by atoms with Crippen molar-refractivity contribution in [1.82, 2.24) is 14.9 Å². The van der Waals surface area contributed by atoms with Gasteiger partial charge >= 0.3 is 0 Å². The summed E-state index contributed by atoms with van der Waals surface area (Å²) in [6.07, 6.45) is 9.45. The largest absolute Gasteiger partial charge is 0.331 e. The van der Waals surface area contributed by atoms with E-state index in [2.05, 4.69) is 42.6 Å². The minimum atomic E-state index is 0.492. The standard InChI is InChI=1S/C16H29N3/c1-12(2)15-7-5-6-8-16(15)18-10-14-9-17-11-19(14)13(3)4/h9,11-13,15-16,18H,5-8,10H2,1-4H3. The predicted octanol–water partition coefficient (Wildman–Crippen LogP) is 3.77. The number of hydrogen-bond donors (Lipinski definition) is 1. The van der Waals surface area contributed by atoms with E-state index in [9.17, 15) is 0 Å². The Bertz CT molecular complexity index is 381. The van der Waals surface area contributed by atoms with Gasteiger partial charge in [0.25, 0.3) is 0 Å². The Labute approximate surface area is 117 Å². The Morgan fingerprint density at radius 1 is 1.26 bits per heavy atom. The van der Waals surface area contributed by atoms with Crippen LogP contribution in [0.25, 0.3) is 0 Å². The van der Waals surface area contributed by atoms with E-state index in [0.29, 0.717) is 12.1 Å². The van der Waals surface area contributed by atoms with Crippen LogP contribution in [-0.4, -0.2) is 15.6 Å². The quantitative estimate of drug-likeness (QED) is 0.876. The number of hydrogen-bond acceptors (Lipinski definition) is 2. The van der Waals surface area contributed by atoms with Crippen LogP contribution in [0, 0.1) is 11.8 Å². The molecule has 1 fully saturated rings. The second kappa shape index (κ2) is 6.56. The van der Waals surface area contributed by atoms with E-state index in [-0.39, 0.29) is 0 Å². The lowest BCUT2D eigenvalue weighted by Crippen LogP contribution is -2.40. The fourth-order valence-corrected chi connectivity index (χ4v) is 3.38. The zero-order valence-corrected chi connectivity index (χ0v) is 12.9. The number of rotatable bonds is 5. The summed E-state index contributed by atoms with van der Waals surface area (Å²) in [6, 6.07) is 1.18. The Morgan fingerprint density at radius 3 is 2.68 bits per heavy atom. The van der Waals surface area contributed by atoms with E-state index < -0.39 is 0 Å². The van der Waals surface area contributed by atoms with Crippen LogP contribution in [0.5, 0.6) is 0 Å². The van der Waals surface area contributed by atoms with Gasteiger partial charge in [-0.2, -0.15) is 0 Å². The summed E-state index contributed by atoms with van der Waals surface area (Å²) in [7, 11) is 0. The summed E-state index contributed by atoms with van der Waals surface area (Å²) in [5.41, 5.74) is 1.31. The molecule has 1 aromatic rings. The van der Waals surface area contributed by atoms with Crippen LogP contribution >= 0.6 is 0 Å². The van der Waals surface area contributed by atoms with Crippen molar-refractivity contribution in [2.24, 2.45) is 11.8 Å². The molecule has 3 nitrogen and oxygen atoms in total. The summed E-state index contributed by atoms with van der Waals surface area (Å²) in [4.78, 5) is 4.28. The van der Waals surface area contributed by atoms with Gasteiger partial charge in [-0.15, -0.1) is 0 Å². The van der Waals surface area contributed by atoms with Crippen molar-refractivity contribution in [2.75, 3.05) is 0 Å². The molecule has 1 heterocycles. The topological polar surface area (TPSA) is 29.9 Å². The molecule has 2 atom stereocenters. The summed E-state index contributed by atoms with van der Waals surface area (Å²) in [5, 5.41) is 3.79. The van der Waals surface area contributed by atoms with Gasteiger partial charge < -0.3 is 9.88 Å². The van der Waals surface area contributed by atoms with E-state index in [0.717, 1.165) is 18.4 Å². The van der Waals surface area contributed by atoms with Crippen molar-refractivity contribution in [1.29, 1.82) is 0 Å². The Kier molecular flexibility index (Phi) is 5.03. The zero-order valence-electron chi connectivity index (χ0n) is 12.9. The van der Waals surface area contributed by atoms with Crippen molar-refractivity contribution in [3.8, 4) is 0 Å². The summed E-state index contributed by atoms with van der Waals surface area (Å²) < 4.78 is 2.26. The van der Waals surface area contributed by atoms with Crippen molar-refractivity contribution in [2.45, 2.75) is 72.0 Å². The fourth-order valence-electron chi connectivity index (χ4n) is 3.38. The number of imidazole rings is 1. The molecule has 1 aliphatic carbocycles. The molecular formula is C16H29N3. The molecule has 0 amide bonds. The van der Waals surface area contributed by atoms with Gasteiger partial charge in [0.2, 0.25) is 0 Å². The Hall–Kier alpha value is -0.830. The third kappa shape index (κ3) is 3.59. The first-order chi connectivity index (χ1) is 9.09. The van der Waals surface area contributed by atoms with Gasteiger partial charge in [0, 0.05) is 24.8 Å². The smallest absolute Gasteiger partial charge is 0.0951 e. The average Bonchev–Trinajstić information content (AvgIpc) is 2.85. The van der Waals surface area contributed by atoms with Crippen LogP contribution in [0.2, 0.25) is 0 Å². The molecule has 108 valence electrons. The highest BCUT2D eigenvalue weighted by Crippen LogP contribution is 2.30. The van der Waals surface area contributed by atoms with Gasteiger partial charge in [0.15, 0.2) is 0 Å². The fraction of sp³-hybridized carbons (Fsp3) is 0.812. The van der Waals surface area contributed by atoms with Gasteiger partial charge in [-0.1, -0.05) is 26.7 Å². The lowest BCUT2D eigenvalue weighted by atomic mass is 9.78. The predicted molar refractivity (Wildman–Crippen MR) is 80.0 cm³/mol. The molecule has 0 radical (unpaired) electrons. The van der Waals surface area contributed by atoms with Crippen LogP contribution in [-0.2, 0) is 6.54 Å². The summed E-state index contributed by atoms with van der Waals surface area (Å²) in [5.74, 6) is 1.62. The van der Waals surface area contributed by atoms with Crippen molar-refractivity contribution < 1.29 is 0 Å². The summed E-state index contributed by atoms with van der Waals surface area (Å²) >= 11 is 0. The molecule has 0 aromatic carbocycles. The molecule has 2 unspecified atom stereocenters. The zero-order chi connectivity index (χ0) is 13.8. The molecule has 0 spiro atoms. The maximum Gasteiger partial charge on any atom is 0.0951 e. The average molecular weight is 263 g/mol. The molecule has 1 aromatic heterocycles. The second-order valence-corrected chi connectivity index (χ2v) is 6.57. The molecule has 1 aliphatic rings. The number of aromatic nitrogens is 2. The monoisotopic (exact) mass is 263 g/mol. The van der Waals surface area contributed by atoms with Crippen molar-refractivity contribution in [3.05, 3.63) is 18.2 Å². The lowest BCUT2D eigenvalue weighted by molar-refractivity contribution is 0.203. The molecule has 1 saturated carbocycles. The molecule has 2 rings (SSSR count). The van der Waals surface area contributed by atoms with E-state index in [1.807, 2.05) is 12.5 Å². The highest BCUT2D eigenvalue weighted by atomic mass is 15.1. The van der Waals surface area contributed by atoms with Gasteiger partial charge in [-0.3, -0.25) is 0 Å². The third-order valence-electron chi connectivity index (χ3n) is 4.52. The molecule has 3 heteroatoms. The van der Waals surface area contributed by atoms with Gasteiger partial charge in [-0.25, -0.2) is 4.98 Å². The van der Waals surface area contributed by atoms with Crippen molar-refractivity contribution in [3.63, 3.8) is 0 Å². The number of nitrogens with one attached hydrogen (secondary N) is 1. The van der Waals surface area contributed by atoms with E-state index >= 15 is 0 Å². The molecule has 0 bridgehead atoms. The molecule has 1 N–H and O–H groups in total. The lowest BCUT2D eigenvalue weighted by Gasteiger charge is -2.35. The van der Waals surface area contributed by atoms with E-state index in [1.165, 1.54) is 31.4 Å². The molecule has 19 heavy (non-hydrogen) atoms. The van der Waals surface area contributed by atoms with Crippen LogP contribution in [0.15, 0.2) is 12.5 Å².